The van der Waals surface area contributed by atoms with Gasteiger partial charge in [-0.1, -0.05) is 26.7 Å². The molecule has 3 nitrogen and oxygen atoms in total. The Morgan fingerprint density at radius 1 is 1.11 bits per heavy atom. The fourth-order valence-corrected chi connectivity index (χ4v) is 4.84. The van der Waals surface area contributed by atoms with Gasteiger partial charge in [0.2, 0.25) is 0 Å². The van der Waals surface area contributed by atoms with Gasteiger partial charge >= 0.3 is 0 Å². The van der Waals surface area contributed by atoms with Crippen LogP contribution in [-0.2, 0) is 4.74 Å². The normalized spacial score (nSPS) is 43.1. The van der Waals surface area contributed by atoms with E-state index >= 15 is 0 Å². The van der Waals surface area contributed by atoms with Gasteiger partial charge in [-0.15, -0.1) is 0 Å². The summed E-state index contributed by atoms with van der Waals surface area (Å²) in [6, 6.07) is 2.04. The van der Waals surface area contributed by atoms with Crippen molar-refractivity contribution in [2.75, 3.05) is 20.2 Å². The molecule has 0 bridgehead atoms. The molecule has 19 heavy (non-hydrogen) atoms. The van der Waals surface area contributed by atoms with Crippen LogP contribution in [0.1, 0.15) is 52.4 Å². The van der Waals surface area contributed by atoms with E-state index in [4.69, 9.17) is 4.74 Å². The first-order valence-electron chi connectivity index (χ1n) is 8.18. The molecule has 3 aliphatic rings. The molecule has 2 saturated carbocycles. The van der Waals surface area contributed by atoms with E-state index in [-0.39, 0.29) is 0 Å². The summed E-state index contributed by atoms with van der Waals surface area (Å²) in [4.78, 5) is 2.81. The van der Waals surface area contributed by atoms with Crippen molar-refractivity contribution in [1.82, 2.24) is 10.2 Å². The van der Waals surface area contributed by atoms with Gasteiger partial charge in [0.15, 0.2) is 0 Å². The molecule has 3 fully saturated rings. The Morgan fingerprint density at radius 3 is 2.68 bits per heavy atom. The van der Waals surface area contributed by atoms with E-state index in [0.29, 0.717) is 23.6 Å². The molecule has 3 rings (SSSR count). The van der Waals surface area contributed by atoms with Gasteiger partial charge < -0.3 is 10.1 Å². The van der Waals surface area contributed by atoms with Crippen molar-refractivity contribution in [3.05, 3.63) is 0 Å². The zero-order chi connectivity index (χ0) is 13.5. The van der Waals surface area contributed by atoms with Gasteiger partial charge in [-0.2, -0.15) is 0 Å². The monoisotopic (exact) mass is 266 g/mol. The van der Waals surface area contributed by atoms with Crippen molar-refractivity contribution in [3.63, 3.8) is 0 Å². The molecule has 4 unspecified atom stereocenters. The molecule has 0 aromatic rings. The highest BCUT2D eigenvalue weighted by molar-refractivity contribution is 5.03. The fraction of sp³-hybridized carbons (Fsp3) is 1.00. The van der Waals surface area contributed by atoms with E-state index in [1.807, 2.05) is 0 Å². The molecule has 0 radical (unpaired) electrons. The van der Waals surface area contributed by atoms with Gasteiger partial charge in [0.25, 0.3) is 0 Å². The topological polar surface area (TPSA) is 24.5 Å². The zero-order valence-corrected chi connectivity index (χ0v) is 12.8. The number of nitrogens with one attached hydrogen (secondary N) is 1. The molecule has 110 valence electrons. The van der Waals surface area contributed by atoms with Crippen LogP contribution in [0, 0.1) is 5.41 Å². The van der Waals surface area contributed by atoms with Crippen molar-refractivity contribution in [1.29, 1.82) is 0 Å². The van der Waals surface area contributed by atoms with E-state index in [1.165, 1.54) is 38.5 Å². The highest BCUT2D eigenvalue weighted by Crippen LogP contribution is 2.42. The van der Waals surface area contributed by atoms with E-state index in [1.54, 1.807) is 0 Å². The Bertz CT molecular complexity index is 316. The number of nitrogens with zero attached hydrogens (tertiary/aromatic N) is 1. The zero-order valence-electron chi connectivity index (χ0n) is 12.8. The predicted molar refractivity (Wildman–Crippen MR) is 78.4 cm³/mol. The summed E-state index contributed by atoms with van der Waals surface area (Å²) in [5.74, 6) is 0. The van der Waals surface area contributed by atoms with Gasteiger partial charge in [-0.05, 0) is 38.1 Å². The molecule has 1 heterocycles. The molecule has 0 spiro atoms. The summed E-state index contributed by atoms with van der Waals surface area (Å²) >= 11 is 0. The average molecular weight is 266 g/mol. The summed E-state index contributed by atoms with van der Waals surface area (Å²) in [7, 11) is 2.14. The summed E-state index contributed by atoms with van der Waals surface area (Å²) in [5, 5.41) is 3.61. The van der Waals surface area contributed by atoms with Crippen LogP contribution in [0.2, 0.25) is 0 Å². The largest absolute Gasteiger partial charge is 0.375 e. The summed E-state index contributed by atoms with van der Waals surface area (Å²) in [6.45, 7) is 6.93. The van der Waals surface area contributed by atoms with Crippen LogP contribution in [0.15, 0.2) is 0 Å². The van der Waals surface area contributed by atoms with E-state index in [0.717, 1.165) is 19.2 Å². The van der Waals surface area contributed by atoms with Crippen molar-refractivity contribution in [2.45, 2.75) is 76.6 Å². The van der Waals surface area contributed by atoms with Crippen molar-refractivity contribution in [2.24, 2.45) is 5.41 Å². The lowest BCUT2D eigenvalue weighted by atomic mass is 9.84. The minimum absolute atomic E-state index is 0.432. The number of likely N-dealkylation sites (N-methyl/N-ethyl adjacent to an activating group) is 1. The molecule has 1 saturated heterocycles. The third-order valence-corrected chi connectivity index (χ3v) is 5.82. The third kappa shape index (κ3) is 2.45. The first-order valence-corrected chi connectivity index (χ1v) is 8.18. The maximum atomic E-state index is 6.03. The van der Waals surface area contributed by atoms with Crippen LogP contribution in [0.25, 0.3) is 0 Å². The molecule has 1 N–H and O–H groups in total. The Morgan fingerprint density at radius 2 is 1.89 bits per heavy atom. The highest BCUT2D eigenvalue weighted by atomic mass is 16.5. The maximum absolute atomic E-state index is 6.03. The number of rotatable bonds is 2. The lowest BCUT2D eigenvalue weighted by Gasteiger charge is -2.48. The maximum Gasteiger partial charge on any atom is 0.0731 e. The molecule has 1 aliphatic heterocycles. The molecule has 4 atom stereocenters. The van der Waals surface area contributed by atoms with E-state index < -0.39 is 0 Å². The predicted octanol–water partition coefficient (Wildman–Crippen LogP) is 2.41. The first kappa shape index (κ1) is 13.8. The van der Waals surface area contributed by atoms with Crippen LogP contribution in [0.3, 0.4) is 0 Å². The number of hydrogen-bond donors (Lipinski definition) is 1. The highest BCUT2D eigenvalue weighted by Gasteiger charge is 2.47. The molecule has 0 amide bonds. The van der Waals surface area contributed by atoms with Crippen LogP contribution >= 0.6 is 0 Å². The lowest BCUT2D eigenvalue weighted by molar-refractivity contribution is -0.106. The Balaban J connectivity index is 1.77. The van der Waals surface area contributed by atoms with Gasteiger partial charge in [0, 0.05) is 24.7 Å². The second-order valence-corrected chi connectivity index (χ2v) is 7.36. The van der Waals surface area contributed by atoms with E-state index in [2.05, 4.69) is 31.1 Å². The molecular formula is C16H30N2O. The summed E-state index contributed by atoms with van der Waals surface area (Å²) in [5.41, 5.74) is 0.432. The van der Waals surface area contributed by atoms with E-state index in [9.17, 15) is 0 Å². The quantitative estimate of drug-likeness (QED) is 0.830. The Labute approximate surface area is 118 Å². The molecule has 0 aromatic heterocycles. The van der Waals surface area contributed by atoms with Crippen LogP contribution < -0.4 is 5.32 Å². The number of fused-ring (bicyclic) bond motifs is 1. The SMILES string of the molecule is CNC1C(N2CCOC3CCCCC32)CCC1(C)C. The second-order valence-electron chi connectivity index (χ2n) is 7.36. The minimum atomic E-state index is 0.432. The average Bonchev–Trinajstić information content (AvgIpc) is 2.73. The van der Waals surface area contributed by atoms with Gasteiger partial charge in [-0.25, -0.2) is 0 Å². The number of morpholine rings is 1. The van der Waals surface area contributed by atoms with Gasteiger partial charge in [0.1, 0.15) is 0 Å². The smallest absolute Gasteiger partial charge is 0.0731 e. The van der Waals surface area contributed by atoms with Crippen molar-refractivity contribution in [3.8, 4) is 0 Å². The Kier molecular flexibility index (Phi) is 3.89. The Hall–Kier alpha value is -0.120. The number of hydrogen-bond acceptors (Lipinski definition) is 3. The van der Waals surface area contributed by atoms with Crippen molar-refractivity contribution >= 4 is 0 Å². The molecular weight excluding hydrogens is 236 g/mol. The minimum Gasteiger partial charge on any atom is -0.375 e. The van der Waals surface area contributed by atoms with Crippen molar-refractivity contribution < 1.29 is 4.74 Å². The summed E-state index contributed by atoms with van der Waals surface area (Å²) in [6.07, 6.45) is 8.59. The van der Waals surface area contributed by atoms with Crippen LogP contribution in [-0.4, -0.2) is 49.3 Å². The number of ether oxygens (including phenoxy) is 1. The first-order chi connectivity index (χ1) is 9.13. The van der Waals surface area contributed by atoms with Crippen LogP contribution in [0.4, 0.5) is 0 Å². The van der Waals surface area contributed by atoms with Gasteiger partial charge in [0.05, 0.1) is 12.7 Å². The molecule has 0 aromatic carbocycles. The van der Waals surface area contributed by atoms with Gasteiger partial charge in [-0.3, -0.25) is 4.90 Å². The third-order valence-electron chi connectivity index (χ3n) is 5.82. The second kappa shape index (κ2) is 5.34. The molecule has 2 aliphatic carbocycles. The lowest BCUT2D eigenvalue weighted by Crippen LogP contribution is -2.60. The van der Waals surface area contributed by atoms with Crippen LogP contribution in [0.5, 0.6) is 0 Å². The fourth-order valence-electron chi connectivity index (χ4n) is 4.84. The standard InChI is InChI=1S/C16H30N2O/c1-16(2)9-8-13(15(16)17-3)18-10-11-19-14-7-5-4-6-12(14)18/h12-15,17H,4-11H2,1-3H3. The molecule has 3 heteroatoms. The summed E-state index contributed by atoms with van der Waals surface area (Å²) < 4.78 is 6.03.